The van der Waals surface area contributed by atoms with Crippen LogP contribution in [0.2, 0.25) is 0 Å². The number of aliphatic hydroxyl groups excluding tert-OH is 2. The summed E-state index contributed by atoms with van der Waals surface area (Å²) < 4.78 is 12.6. The van der Waals surface area contributed by atoms with Gasteiger partial charge in [-0.2, -0.15) is 0 Å². The van der Waals surface area contributed by atoms with Gasteiger partial charge in [0.25, 0.3) is 0 Å². The van der Waals surface area contributed by atoms with Crippen molar-refractivity contribution in [2.45, 2.75) is 95.4 Å². The van der Waals surface area contributed by atoms with E-state index in [-0.39, 0.29) is 30.3 Å². The van der Waals surface area contributed by atoms with Crippen LogP contribution in [-0.2, 0) is 21.1 Å². The second-order valence-electron chi connectivity index (χ2n) is 14.5. The van der Waals surface area contributed by atoms with Crippen LogP contribution in [-0.4, -0.2) is 41.2 Å². The van der Waals surface area contributed by atoms with Crippen LogP contribution in [0.1, 0.15) is 77.3 Å². The number of benzene rings is 3. The van der Waals surface area contributed by atoms with Crippen molar-refractivity contribution in [2.75, 3.05) is 6.61 Å². The normalized spacial score (nSPS) is 30.8. The van der Waals surface area contributed by atoms with Gasteiger partial charge in [0.1, 0.15) is 0 Å². The van der Waals surface area contributed by atoms with E-state index in [4.69, 9.17) is 9.31 Å². The lowest BCUT2D eigenvalue weighted by atomic mass is 9.47. The molecule has 5 fully saturated rings. The van der Waals surface area contributed by atoms with Gasteiger partial charge in [-0.15, -0.1) is 0 Å². The maximum atomic E-state index is 10.4. The van der Waals surface area contributed by atoms with E-state index in [1.165, 1.54) is 71.6 Å². The lowest BCUT2D eigenvalue weighted by Gasteiger charge is -2.57. The second-order valence-corrected chi connectivity index (χ2v) is 14.5. The molecule has 210 valence electrons. The van der Waals surface area contributed by atoms with E-state index in [0.717, 1.165) is 23.2 Å². The fraction of sp³-hybridized carbons (Fsp3) is 0.543. The molecule has 1 heterocycles. The highest BCUT2D eigenvalue weighted by Crippen LogP contribution is 2.61. The molecule has 5 aliphatic rings. The lowest BCUT2D eigenvalue weighted by molar-refractivity contribution is -0.00589. The van der Waals surface area contributed by atoms with Crippen molar-refractivity contribution in [1.82, 2.24) is 0 Å². The summed E-state index contributed by atoms with van der Waals surface area (Å²) in [5.74, 6) is 2.55. The van der Waals surface area contributed by atoms with Gasteiger partial charge in [0.15, 0.2) is 0 Å². The third kappa shape index (κ3) is 4.45. The summed E-state index contributed by atoms with van der Waals surface area (Å²) in [5.41, 5.74) is 5.68. The molecule has 5 heteroatoms. The van der Waals surface area contributed by atoms with Gasteiger partial charge in [0, 0.05) is 6.42 Å². The Balaban J connectivity index is 1.23. The Labute approximate surface area is 239 Å². The zero-order valence-electron chi connectivity index (χ0n) is 24.5. The first-order valence-electron chi connectivity index (χ1n) is 15.4. The van der Waals surface area contributed by atoms with E-state index in [0.29, 0.717) is 6.42 Å². The van der Waals surface area contributed by atoms with Crippen molar-refractivity contribution in [3.8, 4) is 11.1 Å². The Hall–Kier alpha value is -2.18. The Kier molecular flexibility index (Phi) is 6.29. The monoisotopic (exact) mass is 538 g/mol. The molecule has 0 spiro atoms. The van der Waals surface area contributed by atoms with E-state index in [1.807, 2.05) is 0 Å². The van der Waals surface area contributed by atoms with Gasteiger partial charge in [-0.25, -0.2) is 0 Å². The van der Waals surface area contributed by atoms with E-state index in [2.05, 4.69) is 82.3 Å². The molecular formula is C35H43BO4. The van der Waals surface area contributed by atoms with Crippen molar-refractivity contribution in [2.24, 2.45) is 17.8 Å². The molecule has 3 aromatic carbocycles. The molecule has 1 atom stereocenters. The van der Waals surface area contributed by atoms with Crippen LogP contribution < -0.4 is 5.46 Å². The number of fused-ring (bicyclic) bond motifs is 1. The highest BCUT2D eigenvalue weighted by molar-refractivity contribution is 6.62. The molecule has 2 N–H and O–H groups in total. The molecule has 8 rings (SSSR count). The second kappa shape index (κ2) is 9.42. The van der Waals surface area contributed by atoms with Crippen LogP contribution in [0.25, 0.3) is 21.9 Å². The Morgan fingerprint density at radius 3 is 1.95 bits per heavy atom. The number of aliphatic hydroxyl groups is 2. The minimum atomic E-state index is -0.711. The summed E-state index contributed by atoms with van der Waals surface area (Å²) in [4.78, 5) is 0. The number of hydrogen-bond donors (Lipinski definition) is 2. The number of rotatable bonds is 6. The molecule has 4 nitrogen and oxygen atoms in total. The van der Waals surface area contributed by atoms with Gasteiger partial charge in [-0.1, -0.05) is 48.5 Å². The third-order valence-corrected chi connectivity index (χ3v) is 11.1. The summed E-state index contributed by atoms with van der Waals surface area (Å²) in [7, 11) is -0.362. The highest BCUT2D eigenvalue weighted by atomic mass is 16.7. The van der Waals surface area contributed by atoms with Gasteiger partial charge in [0.05, 0.1) is 23.9 Å². The smallest absolute Gasteiger partial charge is 0.399 e. The van der Waals surface area contributed by atoms with E-state index in [1.54, 1.807) is 0 Å². The summed E-state index contributed by atoms with van der Waals surface area (Å²) in [5, 5.41) is 22.4. The fourth-order valence-corrected chi connectivity index (χ4v) is 8.76. The first-order valence-corrected chi connectivity index (χ1v) is 15.4. The quantitative estimate of drug-likeness (QED) is 0.369. The summed E-state index contributed by atoms with van der Waals surface area (Å²) >= 11 is 0. The average molecular weight is 539 g/mol. The molecule has 40 heavy (non-hydrogen) atoms. The predicted molar refractivity (Wildman–Crippen MR) is 162 cm³/mol. The van der Waals surface area contributed by atoms with E-state index in [9.17, 15) is 10.2 Å². The van der Waals surface area contributed by atoms with Crippen LogP contribution in [0.4, 0.5) is 0 Å². The summed E-state index contributed by atoms with van der Waals surface area (Å²) in [6.45, 7) is 8.17. The van der Waals surface area contributed by atoms with Gasteiger partial charge in [-0.3, -0.25) is 0 Å². The molecule has 1 saturated heterocycles. The minimum Gasteiger partial charge on any atom is -0.399 e. The van der Waals surface area contributed by atoms with Crippen molar-refractivity contribution >= 4 is 23.4 Å². The maximum absolute atomic E-state index is 10.4. The molecule has 1 unspecified atom stereocenters. The summed E-state index contributed by atoms with van der Waals surface area (Å²) in [6, 6.07) is 20.1. The van der Waals surface area contributed by atoms with Crippen molar-refractivity contribution in [1.29, 1.82) is 0 Å². The molecule has 0 radical (unpaired) electrons. The topological polar surface area (TPSA) is 58.9 Å². The molecule has 0 amide bonds. The van der Waals surface area contributed by atoms with Gasteiger partial charge >= 0.3 is 7.12 Å². The average Bonchev–Trinajstić information content (AvgIpc) is 3.13. The van der Waals surface area contributed by atoms with Crippen LogP contribution in [0.15, 0.2) is 54.6 Å². The maximum Gasteiger partial charge on any atom is 0.494 e. The molecular weight excluding hydrogens is 495 g/mol. The first kappa shape index (κ1) is 26.7. The van der Waals surface area contributed by atoms with Gasteiger partial charge < -0.3 is 19.5 Å². The molecule has 4 saturated carbocycles. The third-order valence-electron chi connectivity index (χ3n) is 11.1. The fourth-order valence-electron chi connectivity index (χ4n) is 8.76. The Bertz CT molecular complexity index is 1390. The summed E-state index contributed by atoms with van der Waals surface area (Å²) in [6.07, 6.45) is 7.88. The van der Waals surface area contributed by atoms with Crippen LogP contribution in [0.5, 0.6) is 0 Å². The van der Waals surface area contributed by atoms with Crippen molar-refractivity contribution in [3.05, 3.63) is 65.7 Å². The predicted octanol–water partition coefficient (Wildman–Crippen LogP) is 6.17. The first-order chi connectivity index (χ1) is 19.0. The van der Waals surface area contributed by atoms with Crippen molar-refractivity contribution in [3.63, 3.8) is 0 Å². The molecule has 3 aromatic rings. The Morgan fingerprint density at radius 1 is 0.775 bits per heavy atom. The molecule has 1 aliphatic heterocycles. The molecule has 4 bridgehead atoms. The van der Waals surface area contributed by atoms with Crippen molar-refractivity contribution < 1.29 is 19.5 Å². The standard InChI is InChI=1S/C35H43BO4/c1-33(2)34(3,4)40-36(39-33)30-10-9-26-14-25(5-6-27(26)15-30)28-7-8-29(16-31(38)21-37)32(17-28)35-18-22-11-23(19-35)13-24(12-22)20-35/h5-10,14-15,17,22-24,31,37-38H,11-13,16,18-21H2,1-4H3. The van der Waals surface area contributed by atoms with Crippen LogP contribution in [0, 0.1) is 17.8 Å². The largest absolute Gasteiger partial charge is 0.494 e. The van der Waals surface area contributed by atoms with E-state index >= 15 is 0 Å². The van der Waals surface area contributed by atoms with Crippen LogP contribution in [0.3, 0.4) is 0 Å². The van der Waals surface area contributed by atoms with E-state index < -0.39 is 6.10 Å². The van der Waals surface area contributed by atoms with Crippen LogP contribution >= 0.6 is 0 Å². The highest BCUT2D eigenvalue weighted by Gasteiger charge is 2.53. The van der Waals surface area contributed by atoms with Gasteiger partial charge in [0.2, 0.25) is 0 Å². The number of hydrogen-bond acceptors (Lipinski definition) is 4. The zero-order valence-corrected chi connectivity index (χ0v) is 24.5. The lowest BCUT2D eigenvalue weighted by Crippen LogP contribution is -2.49. The molecule has 0 aromatic heterocycles. The SMILES string of the molecule is CC1(C)OB(c2ccc3cc(-c4ccc(CC(O)CO)c(C56CC7CC(CC(C7)C5)C6)c4)ccc3c2)OC1(C)C. The zero-order chi connectivity index (χ0) is 27.9. The minimum absolute atomic E-state index is 0.194. The Morgan fingerprint density at radius 2 is 1.32 bits per heavy atom. The molecule has 4 aliphatic carbocycles. The van der Waals surface area contributed by atoms with Gasteiger partial charge in [-0.05, 0) is 134 Å².